The summed E-state index contributed by atoms with van der Waals surface area (Å²) < 4.78 is 5.13. The van der Waals surface area contributed by atoms with Gasteiger partial charge in [-0.05, 0) is 36.4 Å². The van der Waals surface area contributed by atoms with Crippen molar-refractivity contribution >= 4 is 23.4 Å². The Labute approximate surface area is 169 Å². The van der Waals surface area contributed by atoms with Crippen LogP contribution in [0.3, 0.4) is 0 Å². The number of nitrogens with zero attached hydrogens (tertiary/aromatic N) is 3. The van der Waals surface area contributed by atoms with E-state index in [1.165, 1.54) is 4.90 Å². The topological polar surface area (TPSA) is 70.2 Å². The zero-order chi connectivity index (χ0) is 20.4. The van der Waals surface area contributed by atoms with Crippen LogP contribution in [0.4, 0.5) is 5.69 Å². The fourth-order valence-corrected chi connectivity index (χ4v) is 3.90. The maximum Gasteiger partial charge on any atom is 0.253 e. The average Bonchev–Trinajstić information content (AvgIpc) is 3.08. The summed E-state index contributed by atoms with van der Waals surface area (Å²) in [6.45, 7) is 2.21. The molecule has 2 saturated heterocycles. The molecule has 0 unspecified atom stereocenters. The van der Waals surface area contributed by atoms with Gasteiger partial charge in [0, 0.05) is 31.7 Å². The van der Waals surface area contributed by atoms with E-state index < -0.39 is 6.04 Å². The molecule has 0 aromatic heterocycles. The Balaban J connectivity index is 1.40. The molecule has 2 fully saturated rings. The van der Waals surface area contributed by atoms with Crippen molar-refractivity contribution in [2.45, 2.75) is 12.5 Å². The van der Waals surface area contributed by atoms with Crippen molar-refractivity contribution in [2.24, 2.45) is 0 Å². The van der Waals surface area contributed by atoms with Crippen LogP contribution in [-0.2, 0) is 9.59 Å². The molecule has 2 aromatic carbocycles. The molecule has 3 amide bonds. The first-order valence-corrected chi connectivity index (χ1v) is 9.67. The number of ether oxygens (including phenoxy) is 1. The number of benzene rings is 2. The van der Waals surface area contributed by atoms with Crippen molar-refractivity contribution in [3.63, 3.8) is 0 Å². The molecule has 0 aliphatic carbocycles. The van der Waals surface area contributed by atoms with Crippen molar-refractivity contribution in [1.29, 1.82) is 0 Å². The predicted octanol–water partition coefficient (Wildman–Crippen LogP) is 1.79. The van der Waals surface area contributed by atoms with Crippen LogP contribution < -0.4 is 9.64 Å². The predicted molar refractivity (Wildman–Crippen MR) is 108 cm³/mol. The molecule has 0 N–H and O–H groups in total. The first kappa shape index (κ1) is 19.1. The lowest BCUT2D eigenvalue weighted by Crippen LogP contribution is -2.53. The Morgan fingerprint density at radius 1 is 0.931 bits per heavy atom. The van der Waals surface area contributed by atoms with Crippen LogP contribution in [0, 0.1) is 0 Å². The van der Waals surface area contributed by atoms with Crippen LogP contribution in [0.25, 0.3) is 0 Å². The Morgan fingerprint density at radius 3 is 2.21 bits per heavy atom. The fraction of sp³-hybridized carbons (Fsp3) is 0.318. The third-order valence-electron chi connectivity index (χ3n) is 5.52. The summed E-state index contributed by atoms with van der Waals surface area (Å²) in [5.41, 5.74) is 1.22. The van der Waals surface area contributed by atoms with Gasteiger partial charge in [-0.2, -0.15) is 0 Å². The summed E-state index contributed by atoms with van der Waals surface area (Å²) in [6.07, 6.45) is 0.164. The van der Waals surface area contributed by atoms with E-state index in [2.05, 4.69) is 0 Å². The standard InChI is InChI=1S/C22H23N3O4/c1-29-18-9-7-17(8-10-18)25-20(26)15-19(22(25)28)23-11-13-24(14-12-23)21(27)16-5-3-2-4-6-16/h2-10,19H,11-15H2,1H3/t19-/m0/s1. The Morgan fingerprint density at radius 2 is 1.59 bits per heavy atom. The van der Waals surface area contributed by atoms with E-state index in [1.54, 1.807) is 48.4 Å². The zero-order valence-corrected chi connectivity index (χ0v) is 16.3. The molecule has 29 heavy (non-hydrogen) atoms. The van der Waals surface area contributed by atoms with Gasteiger partial charge in [-0.25, -0.2) is 4.90 Å². The molecule has 0 spiro atoms. The van der Waals surface area contributed by atoms with Crippen molar-refractivity contribution in [2.75, 3.05) is 38.2 Å². The molecule has 7 nitrogen and oxygen atoms in total. The van der Waals surface area contributed by atoms with Crippen LogP contribution in [0.2, 0.25) is 0 Å². The Kier molecular flexibility index (Phi) is 5.31. The highest BCUT2D eigenvalue weighted by atomic mass is 16.5. The summed E-state index contributed by atoms with van der Waals surface area (Å²) in [7, 11) is 1.57. The smallest absolute Gasteiger partial charge is 0.253 e. The number of imide groups is 1. The SMILES string of the molecule is COc1ccc(N2C(=O)C[C@H](N3CCN(C(=O)c4ccccc4)CC3)C2=O)cc1. The van der Waals surface area contributed by atoms with E-state index in [0.717, 1.165) is 0 Å². The van der Waals surface area contributed by atoms with Gasteiger partial charge in [-0.1, -0.05) is 18.2 Å². The number of carbonyl (C=O) groups excluding carboxylic acids is 3. The molecular weight excluding hydrogens is 370 g/mol. The van der Waals surface area contributed by atoms with E-state index in [1.807, 2.05) is 23.1 Å². The quantitative estimate of drug-likeness (QED) is 0.741. The van der Waals surface area contributed by atoms with Crippen LogP contribution in [0.15, 0.2) is 54.6 Å². The third-order valence-corrected chi connectivity index (χ3v) is 5.52. The lowest BCUT2D eigenvalue weighted by molar-refractivity contribution is -0.123. The highest BCUT2D eigenvalue weighted by Gasteiger charge is 2.43. The summed E-state index contributed by atoms with van der Waals surface area (Å²) in [5.74, 6) is 0.262. The van der Waals surface area contributed by atoms with Gasteiger partial charge in [-0.15, -0.1) is 0 Å². The zero-order valence-electron chi connectivity index (χ0n) is 16.3. The summed E-state index contributed by atoms with van der Waals surface area (Å²) in [4.78, 5) is 43.2. The molecule has 1 atom stereocenters. The van der Waals surface area contributed by atoms with Gasteiger partial charge in [0.25, 0.3) is 11.8 Å². The summed E-state index contributed by atoms with van der Waals surface area (Å²) in [6, 6.07) is 15.6. The van der Waals surface area contributed by atoms with Crippen LogP contribution in [-0.4, -0.2) is 66.9 Å². The third kappa shape index (κ3) is 3.73. The van der Waals surface area contributed by atoms with E-state index in [4.69, 9.17) is 4.74 Å². The van der Waals surface area contributed by atoms with Gasteiger partial charge >= 0.3 is 0 Å². The normalized spacial score (nSPS) is 20.2. The van der Waals surface area contributed by atoms with Gasteiger partial charge < -0.3 is 9.64 Å². The van der Waals surface area contributed by atoms with Crippen LogP contribution in [0.1, 0.15) is 16.8 Å². The van der Waals surface area contributed by atoms with Crippen molar-refractivity contribution < 1.29 is 19.1 Å². The average molecular weight is 393 g/mol. The second-order valence-electron chi connectivity index (χ2n) is 7.18. The maximum absolute atomic E-state index is 13.0. The lowest BCUT2D eigenvalue weighted by Gasteiger charge is -2.37. The molecule has 2 heterocycles. The molecule has 0 saturated carbocycles. The molecule has 7 heteroatoms. The number of hydrogen-bond donors (Lipinski definition) is 0. The Hall–Kier alpha value is -3.19. The van der Waals surface area contributed by atoms with Gasteiger partial charge in [0.15, 0.2) is 0 Å². The monoisotopic (exact) mass is 393 g/mol. The van der Waals surface area contributed by atoms with Gasteiger partial charge in [-0.3, -0.25) is 19.3 Å². The van der Waals surface area contributed by atoms with Gasteiger partial charge in [0.2, 0.25) is 5.91 Å². The van der Waals surface area contributed by atoms with E-state index in [9.17, 15) is 14.4 Å². The van der Waals surface area contributed by atoms with Gasteiger partial charge in [0.1, 0.15) is 5.75 Å². The number of rotatable bonds is 4. The molecule has 0 radical (unpaired) electrons. The largest absolute Gasteiger partial charge is 0.497 e. The maximum atomic E-state index is 13.0. The summed E-state index contributed by atoms with van der Waals surface area (Å²) in [5, 5.41) is 0. The molecular formula is C22H23N3O4. The fourth-order valence-electron chi connectivity index (χ4n) is 3.90. The molecule has 2 aromatic rings. The molecule has 2 aliphatic rings. The highest BCUT2D eigenvalue weighted by Crippen LogP contribution is 2.28. The van der Waals surface area contributed by atoms with E-state index >= 15 is 0 Å². The minimum absolute atomic E-state index is 0.000987. The summed E-state index contributed by atoms with van der Waals surface area (Å²) >= 11 is 0. The highest BCUT2D eigenvalue weighted by molar-refractivity contribution is 6.22. The van der Waals surface area contributed by atoms with Crippen LogP contribution >= 0.6 is 0 Å². The number of piperazine rings is 1. The number of anilines is 1. The van der Waals surface area contributed by atoms with Crippen molar-refractivity contribution in [1.82, 2.24) is 9.80 Å². The number of carbonyl (C=O) groups is 3. The number of amides is 3. The molecule has 4 rings (SSSR count). The van der Waals surface area contributed by atoms with Gasteiger partial charge in [0.05, 0.1) is 25.3 Å². The van der Waals surface area contributed by atoms with E-state index in [-0.39, 0.29) is 24.1 Å². The van der Waals surface area contributed by atoms with Crippen molar-refractivity contribution in [3.8, 4) is 5.75 Å². The lowest BCUT2D eigenvalue weighted by atomic mass is 10.1. The number of methoxy groups -OCH3 is 1. The molecule has 150 valence electrons. The minimum Gasteiger partial charge on any atom is -0.497 e. The first-order chi connectivity index (χ1) is 14.1. The number of hydrogen-bond acceptors (Lipinski definition) is 5. The molecule has 2 aliphatic heterocycles. The molecule has 0 bridgehead atoms. The Bertz CT molecular complexity index is 905. The second-order valence-corrected chi connectivity index (χ2v) is 7.18. The van der Waals surface area contributed by atoms with Crippen LogP contribution in [0.5, 0.6) is 5.75 Å². The second kappa shape index (κ2) is 8.05. The minimum atomic E-state index is -0.474. The van der Waals surface area contributed by atoms with E-state index in [0.29, 0.717) is 43.2 Å². The van der Waals surface area contributed by atoms with Crippen molar-refractivity contribution in [3.05, 3.63) is 60.2 Å². The first-order valence-electron chi connectivity index (χ1n) is 9.67.